The third kappa shape index (κ3) is 3.20. The largest absolute Gasteiger partial charge is 0.480 e. The van der Waals surface area contributed by atoms with Crippen molar-refractivity contribution in [2.75, 3.05) is 19.7 Å². The number of hydrogen-bond donors (Lipinski definition) is 2. The van der Waals surface area contributed by atoms with Gasteiger partial charge in [0.2, 0.25) is 5.91 Å². The van der Waals surface area contributed by atoms with Crippen LogP contribution >= 0.6 is 0 Å². The van der Waals surface area contributed by atoms with Gasteiger partial charge in [-0.1, -0.05) is 0 Å². The van der Waals surface area contributed by atoms with Crippen LogP contribution in [-0.4, -0.2) is 53.2 Å². The summed E-state index contributed by atoms with van der Waals surface area (Å²) in [5.41, 5.74) is 5.39. The first-order valence-electron chi connectivity index (χ1n) is 6.29. The maximum absolute atomic E-state index is 11.9. The fourth-order valence-corrected chi connectivity index (χ4v) is 2.29. The standard InChI is InChI=1S/C12H20N2O4/c1-12(18-5-11(16)17)6-14(7-12)10(15)4-9(13)8-2-3-8/h8-9H,2-7,13H2,1H3,(H,16,17). The molecule has 1 saturated heterocycles. The summed E-state index contributed by atoms with van der Waals surface area (Å²) in [6, 6.07) is -0.0238. The Morgan fingerprint density at radius 1 is 1.50 bits per heavy atom. The lowest BCUT2D eigenvalue weighted by molar-refractivity contribution is -0.173. The van der Waals surface area contributed by atoms with Crippen LogP contribution in [0.5, 0.6) is 0 Å². The zero-order valence-corrected chi connectivity index (χ0v) is 10.6. The van der Waals surface area contributed by atoms with E-state index in [1.54, 1.807) is 4.90 Å². The molecule has 1 saturated carbocycles. The minimum atomic E-state index is -0.989. The first-order valence-corrected chi connectivity index (χ1v) is 6.29. The van der Waals surface area contributed by atoms with Crippen LogP contribution in [0.2, 0.25) is 0 Å². The van der Waals surface area contributed by atoms with Crippen molar-refractivity contribution in [2.24, 2.45) is 11.7 Å². The number of ether oxygens (including phenoxy) is 1. The van der Waals surface area contributed by atoms with Crippen LogP contribution < -0.4 is 5.73 Å². The van der Waals surface area contributed by atoms with Crippen LogP contribution in [0.3, 0.4) is 0 Å². The summed E-state index contributed by atoms with van der Waals surface area (Å²) < 4.78 is 5.25. The molecule has 3 N–H and O–H groups in total. The van der Waals surface area contributed by atoms with Gasteiger partial charge in [-0.15, -0.1) is 0 Å². The Bertz CT molecular complexity index is 348. The average Bonchev–Trinajstić information content (AvgIpc) is 3.05. The van der Waals surface area contributed by atoms with Crippen molar-refractivity contribution in [1.29, 1.82) is 0 Å². The molecule has 6 heteroatoms. The Balaban J connectivity index is 1.70. The molecule has 6 nitrogen and oxygen atoms in total. The number of carboxylic acid groups (broad SMARTS) is 1. The van der Waals surface area contributed by atoms with E-state index in [1.807, 2.05) is 6.92 Å². The van der Waals surface area contributed by atoms with Crippen molar-refractivity contribution in [3.05, 3.63) is 0 Å². The molecule has 1 heterocycles. The molecule has 1 unspecified atom stereocenters. The Hall–Kier alpha value is -1.14. The fourth-order valence-electron chi connectivity index (χ4n) is 2.29. The second-order valence-corrected chi connectivity index (χ2v) is 5.59. The molecule has 1 atom stereocenters. The molecule has 0 aromatic carbocycles. The van der Waals surface area contributed by atoms with E-state index in [9.17, 15) is 9.59 Å². The van der Waals surface area contributed by atoms with Gasteiger partial charge in [-0.25, -0.2) is 4.79 Å². The number of carbonyl (C=O) groups is 2. The third-order valence-electron chi connectivity index (χ3n) is 3.59. The monoisotopic (exact) mass is 256 g/mol. The van der Waals surface area contributed by atoms with Crippen molar-refractivity contribution in [2.45, 2.75) is 37.8 Å². The van der Waals surface area contributed by atoms with E-state index in [-0.39, 0.29) is 18.6 Å². The van der Waals surface area contributed by atoms with Gasteiger partial charge in [0.1, 0.15) is 12.2 Å². The Kier molecular flexibility index (Phi) is 3.59. The summed E-state index contributed by atoms with van der Waals surface area (Å²) in [5.74, 6) is -0.424. The highest BCUT2D eigenvalue weighted by atomic mass is 16.5. The SMILES string of the molecule is CC1(OCC(=O)O)CN(C(=O)CC(N)C2CC2)C1. The number of amides is 1. The Morgan fingerprint density at radius 3 is 2.61 bits per heavy atom. The molecule has 0 aromatic heterocycles. The zero-order chi connectivity index (χ0) is 13.3. The van der Waals surface area contributed by atoms with E-state index < -0.39 is 11.6 Å². The fraction of sp³-hybridized carbons (Fsp3) is 0.833. The lowest BCUT2D eigenvalue weighted by Gasteiger charge is -2.47. The number of carbonyl (C=O) groups excluding carboxylic acids is 1. The topological polar surface area (TPSA) is 92.9 Å². The molecule has 1 aliphatic heterocycles. The van der Waals surface area contributed by atoms with Crippen LogP contribution in [0.25, 0.3) is 0 Å². The predicted molar refractivity (Wildman–Crippen MR) is 63.9 cm³/mol. The van der Waals surface area contributed by atoms with Crippen LogP contribution in [-0.2, 0) is 14.3 Å². The highest BCUT2D eigenvalue weighted by molar-refractivity contribution is 5.78. The van der Waals surface area contributed by atoms with E-state index in [1.165, 1.54) is 0 Å². The van der Waals surface area contributed by atoms with Gasteiger partial charge in [0.15, 0.2) is 0 Å². The summed E-state index contributed by atoms with van der Waals surface area (Å²) in [7, 11) is 0. The smallest absolute Gasteiger partial charge is 0.329 e. The molecule has 0 spiro atoms. The predicted octanol–water partition coefficient (Wildman–Crippen LogP) is -0.184. The highest BCUT2D eigenvalue weighted by Gasteiger charge is 2.43. The third-order valence-corrected chi connectivity index (χ3v) is 3.59. The maximum atomic E-state index is 11.9. The lowest BCUT2D eigenvalue weighted by atomic mass is 9.95. The maximum Gasteiger partial charge on any atom is 0.329 e. The highest BCUT2D eigenvalue weighted by Crippen LogP contribution is 2.34. The number of nitrogens with zero attached hydrogens (tertiary/aromatic N) is 1. The number of aliphatic carboxylic acids is 1. The summed E-state index contributed by atoms with van der Waals surface area (Å²) in [6.45, 7) is 2.41. The quantitative estimate of drug-likeness (QED) is 0.687. The molecule has 0 radical (unpaired) electrons. The molecule has 1 amide bonds. The molecular weight excluding hydrogens is 236 g/mol. The van der Waals surface area contributed by atoms with Gasteiger partial charge < -0.3 is 20.5 Å². The normalized spacial score (nSPS) is 23.3. The van der Waals surface area contributed by atoms with E-state index in [0.29, 0.717) is 25.4 Å². The molecule has 18 heavy (non-hydrogen) atoms. The second kappa shape index (κ2) is 4.85. The molecule has 2 rings (SSSR count). The first kappa shape index (κ1) is 13.3. The molecule has 2 fully saturated rings. The van der Waals surface area contributed by atoms with Gasteiger partial charge >= 0.3 is 5.97 Å². The van der Waals surface area contributed by atoms with Crippen LogP contribution in [0.1, 0.15) is 26.2 Å². The number of nitrogens with two attached hydrogens (primary N) is 1. The van der Waals surface area contributed by atoms with Crippen molar-refractivity contribution < 1.29 is 19.4 Å². The summed E-state index contributed by atoms with van der Waals surface area (Å²) in [6.07, 6.45) is 2.65. The average molecular weight is 256 g/mol. The summed E-state index contributed by atoms with van der Waals surface area (Å²) in [5, 5.41) is 8.54. The molecule has 2 aliphatic rings. The van der Waals surface area contributed by atoms with Crippen LogP contribution in [0.4, 0.5) is 0 Å². The molecule has 102 valence electrons. The molecule has 0 aromatic rings. The minimum Gasteiger partial charge on any atom is -0.480 e. The van der Waals surface area contributed by atoms with E-state index >= 15 is 0 Å². The number of carboxylic acids is 1. The van der Waals surface area contributed by atoms with E-state index in [0.717, 1.165) is 12.8 Å². The van der Waals surface area contributed by atoms with Crippen LogP contribution in [0.15, 0.2) is 0 Å². The second-order valence-electron chi connectivity index (χ2n) is 5.59. The van der Waals surface area contributed by atoms with Crippen molar-refractivity contribution >= 4 is 11.9 Å². The van der Waals surface area contributed by atoms with Gasteiger partial charge in [-0.05, 0) is 25.7 Å². The minimum absolute atomic E-state index is 0.0238. The number of likely N-dealkylation sites (tertiary alicyclic amines) is 1. The summed E-state index contributed by atoms with van der Waals surface area (Å²) >= 11 is 0. The van der Waals surface area contributed by atoms with Gasteiger partial charge in [0, 0.05) is 12.5 Å². The van der Waals surface area contributed by atoms with Gasteiger partial charge in [0.25, 0.3) is 0 Å². The molecular formula is C12H20N2O4. The van der Waals surface area contributed by atoms with Gasteiger partial charge in [-0.2, -0.15) is 0 Å². The van der Waals surface area contributed by atoms with Crippen LogP contribution in [0, 0.1) is 5.92 Å². The number of hydrogen-bond acceptors (Lipinski definition) is 4. The molecule has 0 bridgehead atoms. The van der Waals surface area contributed by atoms with E-state index in [2.05, 4.69) is 0 Å². The van der Waals surface area contributed by atoms with Crippen molar-refractivity contribution in [1.82, 2.24) is 4.90 Å². The zero-order valence-electron chi connectivity index (χ0n) is 10.6. The summed E-state index contributed by atoms with van der Waals surface area (Å²) in [4.78, 5) is 24.0. The van der Waals surface area contributed by atoms with Gasteiger partial charge in [0.05, 0.1) is 13.1 Å². The van der Waals surface area contributed by atoms with Crippen molar-refractivity contribution in [3.8, 4) is 0 Å². The molecule has 1 aliphatic carbocycles. The Labute approximate surface area is 106 Å². The van der Waals surface area contributed by atoms with Crippen molar-refractivity contribution in [3.63, 3.8) is 0 Å². The lowest BCUT2D eigenvalue weighted by Crippen LogP contribution is -2.63. The van der Waals surface area contributed by atoms with E-state index in [4.69, 9.17) is 15.6 Å². The Morgan fingerprint density at radius 2 is 2.11 bits per heavy atom. The van der Waals surface area contributed by atoms with Gasteiger partial charge in [-0.3, -0.25) is 4.79 Å². The first-order chi connectivity index (χ1) is 8.39. The number of rotatable bonds is 6.